The third-order valence-corrected chi connectivity index (χ3v) is 21.0. The molecule has 3 heterocycles. The highest BCUT2D eigenvalue weighted by atomic mass is 32.1. The van der Waals surface area contributed by atoms with Gasteiger partial charge in [0.25, 0.3) is 0 Å². The Morgan fingerprint density at radius 1 is 0.180 bits per heavy atom. The highest BCUT2D eigenvalue weighted by Crippen LogP contribution is 2.50. The van der Waals surface area contributed by atoms with Crippen LogP contribution in [0.4, 0.5) is 0 Å². The van der Waals surface area contributed by atoms with Crippen molar-refractivity contribution in [2.45, 2.75) is 0 Å². The SMILES string of the molecule is c1ccc(-c2ccccc2-c2cccc3c2sc2c(-c4ccc5c(c4)c4cc(-c6cccc7c6sc6c(-c8ccccc8-c8ccccc8)cccc67)ccc4n5-c4ccc(-c5c6ccccc6c(-c6ccccc6)c6ccccc56)cc4)cccc23)cc1. The first-order valence-electron chi connectivity index (χ1n) is 30.6. The van der Waals surface area contributed by atoms with Crippen LogP contribution in [-0.4, -0.2) is 4.57 Å². The lowest BCUT2D eigenvalue weighted by atomic mass is 9.86. The summed E-state index contributed by atoms with van der Waals surface area (Å²) in [6.45, 7) is 0. The fourth-order valence-corrected chi connectivity index (χ4v) is 17.2. The first-order chi connectivity index (χ1) is 44.2. The minimum absolute atomic E-state index is 1.12. The van der Waals surface area contributed by atoms with Gasteiger partial charge >= 0.3 is 0 Å². The van der Waals surface area contributed by atoms with Crippen LogP contribution in [0.3, 0.4) is 0 Å². The number of thiophene rings is 2. The van der Waals surface area contributed by atoms with Gasteiger partial charge < -0.3 is 4.57 Å². The van der Waals surface area contributed by atoms with Gasteiger partial charge in [-0.15, -0.1) is 22.7 Å². The standard InChI is InChI=1S/C86H53NS2/c1-4-22-54(23-5-1)61-28-10-12-30-65(61)71-38-20-42-75-73-40-18-36-63(83(73)88-85(71)75)58-46-50-79-77(52-58)78-53-59(64-37-19-41-74-76-43-21-39-72(86(76)89-84(64)74)66-31-13-11-29-62(66)55-24-6-2-7-25-55)47-51-80(78)87(79)60-48-44-57(45-49-60)82-69-34-16-14-32-67(69)81(56-26-8-3-9-27-56)68-33-15-17-35-70(68)82/h1-53H. The van der Waals surface area contributed by atoms with Crippen LogP contribution in [0.15, 0.2) is 322 Å². The molecule has 15 aromatic carbocycles. The summed E-state index contributed by atoms with van der Waals surface area (Å²) >= 11 is 3.83. The number of fused-ring (bicyclic) bond motifs is 11. The molecule has 0 spiro atoms. The average molecular weight is 1160 g/mol. The summed E-state index contributed by atoms with van der Waals surface area (Å²) < 4.78 is 7.69. The maximum atomic E-state index is 2.49. The van der Waals surface area contributed by atoms with E-state index in [-0.39, 0.29) is 0 Å². The highest BCUT2D eigenvalue weighted by molar-refractivity contribution is 7.27. The Labute approximate surface area is 523 Å². The van der Waals surface area contributed by atoms with Crippen LogP contribution < -0.4 is 0 Å². The molecule has 0 radical (unpaired) electrons. The van der Waals surface area contributed by atoms with E-state index in [1.807, 2.05) is 22.7 Å². The van der Waals surface area contributed by atoms with Crippen LogP contribution >= 0.6 is 22.7 Å². The predicted molar refractivity (Wildman–Crippen MR) is 385 cm³/mol. The van der Waals surface area contributed by atoms with Gasteiger partial charge in [-0.2, -0.15) is 0 Å². The molecule has 18 rings (SSSR count). The van der Waals surface area contributed by atoms with E-state index >= 15 is 0 Å². The van der Waals surface area contributed by atoms with E-state index in [0.29, 0.717) is 0 Å². The van der Waals surface area contributed by atoms with Crippen LogP contribution in [0.5, 0.6) is 0 Å². The van der Waals surface area contributed by atoms with Crippen LogP contribution in [0.25, 0.3) is 178 Å². The average Bonchev–Trinajstić information content (AvgIpc) is 1.81. The largest absolute Gasteiger partial charge is 0.309 e. The molecule has 0 atom stereocenters. The number of hydrogen-bond donors (Lipinski definition) is 0. The maximum Gasteiger partial charge on any atom is 0.0541 e. The van der Waals surface area contributed by atoms with Crippen LogP contribution in [0.1, 0.15) is 0 Å². The fourth-order valence-electron chi connectivity index (χ4n) is 14.5. The smallest absolute Gasteiger partial charge is 0.0541 e. The Bertz CT molecular complexity index is 5510. The molecule has 0 bridgehead atoms. The Morgan fingerprint density at radius 2 is 0.472 bits per heavy atom. The van der Waals surface area contributed by atoms with E-state index in [2.05, 4.69) is 326 Å². The molecule has 3 aromatic heterocycles. The van der Waals surface area contributed by atoms with Crippen molar-refractivity contribution in [3.05, 3.63) is 322 Å². The van der Waals surface area contributed by atoms with E-state index < -0.39 is 0 Å². The van der Waals surface area contributed by atoms with Crippen molar-refractivity contribution in [2.24, 2.45) is 0 Å². The van der Waals surface area contributed by atoms with E-state index in [1.54, 1.807) is 0 Å². The molecule has 0 aliphatic heterocycles. The van der Waals surface area contributed by atoms with Crippen molar-refractivity contribution < 1.29 is 0 Å². The molecule has 0 saturated carbocycles. The van der Waals surface area contributed by atoms with Gasteiger partial charge in [0.2, 0.25) is 0 Å². The second-order valence-corrected chi connectivity index (χ2v) is 25.4. The predicted octanol–water partition coefficient (Wildman–Crippen LogP) is 25.2. The topological polar surface area (TPSA) is 4.93 Å². The minimum Gasteiger partial charge on any atom is -0.309 e. The van der Waals surface area contributed by atoms with Gasteiger partial charge in [-0.3, -0.25) is 0 Å². The minimum atomic E-state index is 1.12. The van der Waals surface area contributed by atoms with Crippen molar-refractivity contribution in [1.29, 1.82) is 0 Å². The third-order valence-electron chi connectivity index (χ3n) is 18.4. The lowest BCUT2D eigenvalue weighted by Crippen LogP contribution is -1.95. The molecule has 18 aromatic rings. The summed E-state index contributed by atoms with van der Waals surface area (Å²) in [6, 6.07) is 119. The molecule has 89 heavy (non-hydrogen) atoms. The first-order valence-corrected chi connectivity index (χ1v) is 32.2. The Balaban J connectivity index is 0.824. The zero-order valence-corrected chi connectivity index (χ0v) is 50.0. The lowest BCUT2D eigenvalue weighted by Gasteiger charge is -2.18. The molecular weight excluding hydrogens is 1110 g/mol. The summed E-state index contributed by atoms with van der Waals surface area (Å²) in [5, 5.41) is 12.6. The van der Waals surface area contributed by atoms with E-state index in [1.165, 1.54) is 173 Å². The Morgan fingerprint density at radius 3 is 0.876 bits per heavy atom. The molecule has 414 valence electrons. The number of rotatable bonds is 9. The van der Waals surface area contributed by atoms with E-state index in [0.717, 1.165) is 5.69 Å². The molecule has 0 aliphatic carbocycles. The van der Waals surface area contributed by atoms with Crippen LogP contribution in [-0.2, 0) is 0 Å². The van der Waals surface area contributed by atoms with Gasteiger partial charge in [0.1, 0.15) is 0 Å². The van der Waals surface area contributed by atoms with Gasteiger partial charge in [0.05, 0.1) is 11.0 Å². The van der Waals surface area contributed by atoms with Crippen LogP contribution in [0, 0.1) is 0 Å². The molecule has 0 saturated heterocycles. The Hall–Kier alpha value is -10.9. The summed E-state index contributed by atoms with van der Waals surface area (Å²) in [7, 11) is 0. The lowest BCUT2D eigenvalue weighted by molar-refractivity contribution is 1.18. The summed E-state index contributed by atoms with van der Waals surface area (Å²) in [4.78, 5) is 0. The van der Waals surface area contributed by atoms with Gasteiger partial charge in [0, 0.05) is 67.9 Å². The summed E-state index contributed by atoms with van der Waals surface area (Å²) in [5.41, 5.74) is 23.2. The maximum absolute atomic E-state index is 2.49. The van der Waals surface area contributed by atoms with E-state index in [4.69, 9.17) is 0 Å². The second-order valence-electron chi connectivity index (χ2n) is 23.3. The molecule has 0 fully saturated rings. The van der Waals surface area contributed by atoms with Crippen molar-refractivity contribution in [2.75, 3.05) is 0 Å². The van der Waals surface area contributed by atoms with Gasteiger partial charge in [-0.25, -0.2) is 0 Å². The zero-order chi connectivity index (χ0) is 58.5. The molecule has 0 amide bonds. The molecular formula is C86H53NS2. The number of hydrogen-bond acceptors (Lipinski definition) is 2. The highest BCUT2D eigenvalue weighted by Gasteiger charge is 2.23. The van der Waals surface area contributed by atoms with Crippen molar-refractivity contribution >= 4 is 106 Å². The quantitative estimate of drug-likeness (QED) is 0.127. The van der Waals surface area contributed by atoms with Crippen molar-refractivity contribution in [1.82, 2.24) is 4.57 Å². The molecule has 0 aliphatic rings. The third kappa shape index (κ3) is 8.27. The van der Waals surface area contributed by atoms with Gasteiger partial charge in [0.15, 0.2) is 0 Å². The molecule has 1 nitrogen and oxygen atoms in total. The number of aromatic nitrogens is 1. The molecule has 3 heteroatoms. The summed E-state index contributed by atoms with van der Waals surface area (Å²) in [6.07, 6.45) is 0. The number of benzene rings is 15. The number of nitrogens with zero attached hydrogens (tertiary/aromatic N) is 1. The summed E-state index contributed by atoms with van der Waals surface area (Å²) in [5.74, 6) is 0. The Kier molecular flexibility index (Phi) is 12.0. The van der Waals surface area contributed by atoms with Gasteiger partial charge in [-0.05, 0) is 136 Å². The van der Waals surface area contributed by atoms with Crippen molar-refractivity contribution in [3.8, 4) is 94.7 Å². The first kappa shape index (κ1) is 51.3. The van der Waals surface area contributed by atoms with Crippen molar-refractivity contribution in [3.63, 3.8) is 0 Å². The fraction of sp³-hybridized carbons (Fsp3) is 0. The molecule has 0 unspecified atom stereocenters. The zero-order valence-electron chi connectivity index (χ0n) is 48.4. The van der Waals surface area contributed by atoms with Gasteiger partial charge in [-0.1, -0.05) is 285 Å². The monoisotopic (exact) mass is 1160 g/mol. The van der Waals surface area contributed by atoms with E-state index in [9.17, 15) is 0 Å². The molecule has 0 N–H and O–H groups in total. The normalized spacial score (nSPS) is 11.8. The van der Waals surface area contributed by atoms with Crippen LogP contribution in [0.2, 0.25) is 0 Å². The second kappa shape index (κ2) is 20.9.